The second-order valence-electron chi connectivity index (χ2n) is 4.97. The van der Waals surface area contributed by atoms with Gasteiger partial charge in [-0.15, -0.1) is 0 Å². The number of anilines is 1. The molecule has 2 aromatic heterocycles. The minimum atomic E-state index is 0.801. The molecule has 21 heavy (non-hydrogen) atoms. The lowest BCUT2D eigenvalue weighted by Crippen LogP contribution is -1.97. The van der Waals surface area contributed by atoms with Crippen molar-refractivity contribution in [2.45, 2.75) is 13.3 Å². The SMILES string of the molecule is CCNc1ccc2nc(Cc3cccc(OC)c3)cn2c1. The summed E-state index contributed by atoms with van der Waals surface area (Å²) in [6.07, 6.45) is 4.95. The van der Waals surface area contributed by atoms with Crippen LogP contribution in [0.4, 0.5) is 5.69 Å². The maximum absolute atomic E-state index is 5.26. The first-order valence-electron chi connectivity index (χ1n) is 7.13. The zero-order valence-corrected chi connectivity index (χ0v) is 12.3. The Morgan fingerprint density at radius 1 is 1.19 bits per heavy atom. The Morgan fingerprint density at radius 2 is 2.10 bits per heavy atom. The Hall–Kier alpha value is -2.49. The normalized spacial score (nSPS) is 10.8. The number of rotatable bonds is 5. The molecule has 0 aliphatic rings. The molecule has 4 heteroatoms. The summed E-state index contributed by atoms with van der Waals surface area (Å²) in [7, 11) is 1.69. The molecule has 0 saturated carbocycles. The highest BCUT2D eigenvalue weighted by molar-refractivity contribution is 5.51. The molecule has 0 aliphatic heterocycles. The van der Waals surface area contributed by atoms with E-state index in [2.05, 4.69) is 46.2 Å². The minimum Gasteiger partial charge on any atom is -0.497 e. The van der Waals surface area contributed by atoms with Crippen molar-refractivity contribution in [1.29, 1.82) is 0 Å². The first-order chi connectivity index (χ1) is 10.3. The third-order valence-electron chi connectivity index (χ3n) is 3.40. The van der Waals surface area contributed by atoms with Gasteiger partial charge >= 0.3 is 0 Å². The van der Waals surface area contributed by atoms with Gasteiger partial charge < -0.3 is 14.5 Å². The summed E-state index contributed by atoms with van der Waals surface area (Å²) in [6.45, 7) is 3.00. The molecule has 108 valence electrons. The molecule has 0 amide bonds. The third kappa shape index (κ3) is 2.99. The number of nitrogens with one attached hydrogen (secondary N) is 1. The summed E-state index contributed by atoms with van der Waals surface area (Å²) in [5, 5.41) is 3.31. The summed E-state index contributed by atoms with van der Waals surface area (Å²) < 4.78 is 7.32. The fourth-order valence-electron chi connectivity index (χ4n) is 2.43. The maximum atomic E-state index is 5.26. The monoisotopic (exact) mass is 281 g/mol. The van der Waals surface area contributed by atoms with Gasteiger partial charge in [-0.3, -0.25) is 0 Å². The zero-order chi connectivity index (χ0) is 14.7. The van der Waals surface area contributed by atoms with Gasteiger partial charge in [0.25, 0.3) is 0 Å². The smallest absolute Gasteiger partial charge is 0.137 e. The summed E-state index contributed by atoms with van der Waals surface area (Å²) in [5.74, 6) is 0.880. The number of hydrogen-bond donors (Lipinski definition) is 1. The third-order valence-corrected chi connectivity index (χ3v) is 3.40. The first kappa shape index (κ1) is 13.5. The molecule has 0 spiro atoms. The van der Waals surface area contributed by atoms with Gasteiger partial charge in [0, 0.05) is 25.4 Å². The van der Waals surface area contributed by atoms with E-state index in [0.29, 0.717) is 0 Å². The van der Waals surface area contributed by atoms with Gasteiger partial charge in [-0.25, -0.2) is 4.98 Å². The Bertz CT molecular complexity index is 749. The Balaban J connectivity index is 1.86. The number of nitrogens with zero attached hydrogens (tertiary/aromatic N) is 2. The number of pyridine rings is 1. The average Bonchev–Trinajstić information content (AvgIpc) is 2.89. The highest BCUT2D eigenvalue weighted by atomic mass is 16.5. The highest BCUT2D eigenvalue weighted by Crippen LogP contribution is 2.17. The van der Waals surface area contributed by atoms with Crippen molar-refractivity contribution in [3.8, 4) is 5.75 Å². The highest BCUT2D eigenvalue weighted by Gasteiger charge is 2.04. The van der Waals surface area contributed by atoms with Crippen LogP contribution in [-0.2, 0) is 6.42 Å². The van der Waals surface area contributed by atoms with E-state index in [4.69, 9.17) is 4.74 Å². The Labute approximate surface area is 124 Å². The van der Waals surface area contributed by atoms with Gasteiger partial charge in [-0.05, 0) is 36.8 Å². The second-order valence-corrected chi connectivity index (χ2v) is 4.97. The molecule has 1 N–H and O–H groups in total. The van der Waals surface area contributed by atoms with Crippen LogP contribution in [0.2, 0.25) is 0 Å². The van der Waals surface area contributed by atoms with Crippen LogP contribution in [0.5, 0.6) is 5.75 Å². The molecule has 4 nitrogen and oxygen atoms in total. The van der Waals surface area contributed by atoms with E-state index in [1.165, 1.54) is 5.56 Å². The number of imidazole rings is 1. The van der Waals surface area contributed by atoms with Crippen LogP contribution in [-0.4, -0.2) is 23.0 Å². The van der Waals surface area contributed by atoms with Crippen LogP contribution in [0.3, 0.4) is 0 Å². The van der Waals surface area contributed by atoms with Crippen LogP contribution < -0.4 is 10.1 Å². The van der Waals surface area contributed by atoms with Crippen LogP contribution in [0.1, 0.15) is 18.2 Å². The largest absolute Gasteiger partial charge is 0.497 e. The van der Waals surface area contributed by atoms with Crippen molar-refractivity contribution in [2.75, 3.05) is 19.0 Å². The first-order valence-corrected chi connectivity index (χ1v) is 7.13. The number of fused-ring (bicyclic) bond motifs is 1. The minimum absolute atomic E-state index is 0.801. The maximum Gasteiger partial charge on any atom is 0.137 e. The average molecular weight is 281 g/mol. The molecule has 0 radical (unpaired) electrons. The number of hydrogen-bond acceptors (Lipinski definition) is 3. The standard InChI is InChI=1S/C17H19N3O/c1-3-18-14-7-8-17-19-15(12-20(17)11-14)9-13-5-4-6-16(10-13)21-2/h4-8,10-12,18H,3,9H2,1-2H3. The van der Waals surface area contributed by atoms with Crippen LogP contribution in [0.25, 0.3) is 5.65 Å². The van der Waals surface area contributed by atoms with E-state index in [1.807, 2.05) is 24.3 Å². The summed E-state index contributed by atoms with van der Waals surface area (Å²) in [4.78, 5) is 4.66. The molecular formula is C17H19N3O. The fourth-order valence-corrected chi connectivity index (χ4v) is 2.43. The van der Waals surface area contributed by atoms with E-state index >= 15 is 0 Å². The van der Waals surface area contributed by atoms with Crippen molar-refractivity contribution >= 4 is 11.3 Å². The molecule has 3 aromatic rings. The topological polar surface area (TPSA) is 38.6 Å². The van der Waals surface area contributed by atoms with Crippen molar-refractivity contribution in [3.63, 3.8) is 0 Å². The molecule has 2 heterocycles. The van der Waals surface area contributed by atoms with E-state index in [-0.39, 0.29) is 0 Å². The number of methoxy groups -OCH3 is 1. The fraction of sp³-hybridized carbons (Fsp3) is 0.235. The van der Waals surface area contributed by atoms with Gasteiger partial charge in [0.2, 0.25) is 0 Å². The lowest BCUT2D eigenvalue weighted by molar-refractivity contribution is 0.414. The van der Waals surface area contributed by atoms with Gasteiger partial charge in [-0.1, -0.05) is 12.1 Å². The van der Waals surface area contributed by atoms with Crippen molar-refractivity contribution < 1.29 is 4.74 Å². The van der Waals surface area contributed by atoms with E-state index < -0.39 is 0 Å². The molecule has 0 saturated heterocycles. The molecular weight excluding hydrogens is 262 g/mol. The van der Waals surface area contributed by atoms with Crippen LogP contribution in [0.15, 0.2) is 48.8 Å². The quantitative estimate of drug-likeness (QED) is 0.779. The lowest BCUT2D eigenvalue weighted by atomic mass is 10.1. The molecule has 3 rings (SSSR count). The second kappa shape index (κ2) is 5.87. The molecule has 0 unspecified atom stereocenters. The van der Waals surface area contributed by atoms with Gasteiger partial charge in [0.05, 0.1) is 18.5 Å². The van der Waals surface area contributed by atoms with Crippen molar-refractivity contribution in [3.05, 3.63) is 60.0 Å². The van der Waals surface area contributed by atoms with Crippen LogP contribution in [0, 0.1) is 0 Å². The molecule has 0 fully saturated rings. The summed E-state index contributed by atoms with van der Waals surface area (Å²) in [6, 6.07) is 12.2. The van der Waals surface area contributed by atoms with Crippen LogP contribution >= 0.6 is 0 Å². The summed E-state index contributed by atoms with van der Waals surface area (Å²) >= 11 is 0. The zero-order valence-electron chi connectivity index (χ0n) is 12.3. The predicted octanol–water partition coefficient (Wildman–Crippen LogP) is 3.37. The number of benzene rings is 1. The Kier molecular flexibility index (Phi) is 3.77. The molecule has 0 aliphatic carbocycles. The lowest BCUT2D eigenvalue weighted by Gasteiger charge is -2.02. The predicted molar refractivity (Wildman–Crippen MR) is 85.2 cm³/mol. The number of aromatic nitrogens is 2. The van der Waals surface area contributed by atoms with E-state index in [1.54, 1.807) is 7.11 Å². The van der Waals surface area contributed by atoms with Crippen molar-refractivity contribution in [2.24, 2.45) is 0 Å². The molecule has 1 aromatic carbocycles. The van der Waals surface area contributed by atoms with E-state index in [9.17, 15) is 0 Å². The van der Waals surface area contributed by atoms with Crippen molar-refractivity contribution in [1.82, 2.24) is 9.38 Å². The summed E-state index contributed by atoms with van der Waals surface area (Å²) in [5.41, 5.74) is 4.33. The molecule has 0 atom stereocenters. The van der Waals surface area contributed by atoms with Gasteiger partial charge in [0.15, 0.2) is 0 Å². The van der Waals surface area contributed by atoms with Gasteiger partial charge in [0.1, 0.15) is 11.4 Å². The van der Waals surface area contributed by atoms with E-state index in [0.717, 1.165) is 35.7 Å². The number of ether oxygens (including phenoxy) is 1. The Morgan fingerprint density at radius 3 is 2.90 bits per heavy atom. The van der Waals surface area contributed by atoms with Gasteiger partial charge in [-0.2, -0.15) is 0 Å². The molecule has 0 bridgehead atoms.